The van der Waals surface area contributed by atoms with Gasteiger partial charge in [0.1, 0.15) is 5.82 Å². The van der Waals surface area contributed by atoms with Crippen LogP contribution in [-0.2, 0) is 22.7 Å². The van der Waals surface area contributed by atoms with Crippen molar-refractivity contribution >= 4 is 34.7 Å². The predicted molar refractivity (Wildman–Crippen MR) is 123 cm³/mol. The summed E-state index contributed by atoms with van der Waals surface area (Å²) in [5, 5.41) is 9.92. The number of pyridine rings is 2. The molecule has 4 aromatic rings. The summed E-state index contributed by atoms with van der Waals surface area (Å²) < 4.78 is 0. The molecule has 0 atom stereocenters. The second kappa shape index (κ2) is 10.7. The predicted octanol–water partition coefficient (Wildman–Crippen LogP) is 3.05. The largest absolute Gasteiger partial charge is 0.383 e. The van der Waals surface area contributed by atoms with Crippen LogP contribution in [0.15, 0.2) is 61.1 Å². The van der Waals surface area contributed by atoms with Crippen LogP contribution in [0.3, 0.4) is 0 Å². The van der Waals surface area contributed by atoms with E-state index < -0.39 is 0 Å². The van der Waals surface area contributed by atoms with E-state index in [1.807, 2.05) is 55.6 Å². The van der Waals surface area contributed by atoms with Gasteiger partial charge in [-0.1, -0.05) is 36.4 Å². The maximum Gasteiger partial charge on any atom is 0.221 e. The van der Waals surface area contributed by atoms with Crippen LogP contribution in [0.25, 0.3) is 10.9 Å². The summed E-state index contributed by atoms with van der Waals surface area (Å²) in [6.45, 7) is 4.58. The van der Waals surface area contributed by atoms with Crippen molar-refractivity contribution in [2.45, 2.75) is 26.9 Å². The fraction of sp³-hybridized carbons (Fsp3) is 0.174. The van der Waals surface area contributed by atoms with E-state index in [9.17, 15) is 9.59 Å². The monoisotopic (exact) mass is 431 g/mol. The van der Waals surface area contributed by atoms with Gasteiger partial charge >= 0.3 is 0 Å². The zero-order valence-electron chi connectivity index (χ0n) is 17.9. The molecule has 0 fully saturated rings. The number of nitrogens with one attached hydrogen (secondary N) is 2. The minimum absolute atomic E-state index is 0.160. The third-order valence-corrected chi connectivity index (χ3v) is 4.54. The van der Waals surface area contributed by atoms with E-state index in [1.165, 1.54) is 13.1 Å². The molecule has 3 aromatic heterocycles. The first-order valence-corrected chi connectivity index (χ1v) is 9.96. The van der Waals surface area contributed by atoms with Gasteiger partial charge in [0, 0.05) is 19.7 Å². The quantitative estimate of drug-likeness (QED) is 0.402. The van der Waals surface area contributed by atoms with E-state index in [0.717, 1.165) is 23.2 Å². The van der Waals surface area contributed by atoms with Gasteiger partial charge in [-0.2, -0.15) is 5.10 Å². The molecule has 0 spiro atoms. The lowest BCUT2D eigenvalue weighted by Crippen LogP contribution is -2.21. The number of aromatic amines is 1. The highest BCUT2D eigenvalue weighted by Gasteiger charge is 2.08. The molecule has 0 saturated heterocycles. The molecule has 0 aliphatic carbocycles. The number of fused-ring (bicyclic) bond motifs is 1. The molecule has 9 nitrogen and oxygen atoms in total. The smallest absolute Gasteiger partial charge is 0.221 e. The van der Waals surface area contributed by atoms with Crippen LogP contribution in [0, 0.1) is 6.92 Å². The highest BCUT2D eigenvalue weighted by atomic mass is 16.1. The summed E-state index contributed by atoms with van der Waals surface area (Å²) >= 11 is 0. The normalized spacial score (nSPS) is 10.2. The number of nitrogens with zero attached hydrogens (tertiary/aromatic N) is 4. The Morgan fingerprint density at radius 1 is 1.09 bits per heavy atom. The molecule has 164 valence electrons. The van der Waals surface area contributed by atoms with E-state index in [1.54, 1.807) is 11.1 Å². The van der Waals surface area contributed by atoms with Crippen LogP contribution >= 0.6 is 0 Å². The van der Waals surface area contributed by atoms with Crippen LogP contribution < -0.4 is 11.1 Å². The Hall–Kier alpha value is -4.27. The lowest BCUT2D eigenvalue weighted by atomic mass is 10.2. The van der Waals surface area contributed by atoms with E-state index in [2.05, 4.69) is 25.5 Å². The van der Waals surface area contributed by atoms with E-state index >= 15 is 0 Å². The van der Waals surface area contributed by atoms with Gasteiger partial charge in [-0.3, -0.25) is 19.7 Å². The fourth-order valence-corrected chi connectivity index (χ4v) is 2.99. The second-order valence-electron chi connectivity index (χ2n) is 7.22. The summed E-state index contributed by atoms with van der Waals surface area (Å²) in [5.41, 5.74) is 10.0. The number of carbonyl (C=O) groups excluding carboxylic acids is 2. The van der Waals surface area contributed by atoms with Crippen molar-refractivity contribution in [1.29, 1.82) is 0 Å². The van der Waals surface area contributed by atoms with Gasteiger partial charge in [0.15, 0.2) is 0 Å². The van der Waals surface area contributed by atoms with Gasteiger partial charge in [0.2, 0.25) is 12.3 Å². The van der Waals surface area contributed by atoms with Crippen molar-refractivity contribution < 1.29 is 9.59 Å². The third kappa shape index (κ3) is 6.11. The first kappa shape index (κ1) is 22.4. The molecule has 0 unspecified atom stereocenters. The third-order valence-electron chi connectivity index (χ3n) is 4.54. The Morgan fingerprint density at radius 3 is 2.53 bits per heavy atom. The fourth-order valence-electron chi connectivity index (χ4n) is 2.99. The van der Waals surface area contributed by atoms with Gasteiger partial charge in [-0.25, -0.2) is 4.98 Å². The molecule has 0 bridgehead atoms. The minimum atomic E-state index is -0.160. The highest BCUT2D eigenvalue weighted by Crippen LogP contribution is 2.23. The van der Waals surface area contributed by atoms with Crippen LogP contribution in [-0.4, -0.2) is 37.4 Å². The van der Waals surface area contributed by atoms with Gasteiger partial charge in [0.25, 0.3) is 0 Å². The molecule has 32 heavy (non-hydrogen) atoms. The van der Waals surface area contributed by atoms with Gasteiger partial charge in [0.05, 0.1) is 41.2 Å². The number of aromatic nitrogens is 4. The van der Waals surface area contributed by atoms with Crippen molar-refractivity contribution in [2.24, 2.45) is 0 Å². The molecule has 1 aromatic carbocycles. The molecule has 2 amide bonds. The van der Waals surface area contributed by atoms with E-state index in [4.69, 9.17) is 5.73 Å². The zero-order valence-corrected chi connectivity index (χ0v) is 17.9. The summed E-state index contributed by atoms with van der Waals surface area (Å²) in [7, 11) is 0. The first-order valence-electron chi connectivity index (χ1n) is 9.96. The number of H-pyrrole nitrogens is 1. The molecule has 0 aliphatic heterocycles. The molecule has 0 radical (unpaired) electrons. The molecule has 9 heteroatoms. The van der Waals surface area contributed by atoms with Gasteiger partial charge in [-0.15, -0.1) is 0 Å². The first-order chi connectivity index (χ1) is 15.5. The SMILES string of the molecule is CC(=O)Nc1cnc(N)c2cn[nH]c12.Cc1ccc(CN(C=O)Cc2ccccc2)nc1. The number of carbonyl (C=O) groups is 2. The number of aryl methyl sites for hydroxylation is 1. The van der Waals surface area contributed by atoms with Gasteiger partial charge < -0.3 is 16.0 Å². The van der Waals surface area contributed by atoms with E-state index in [-0.39, 0.29) is 5.91 Å². The van der Waals surface area contributed by atoms with Crippen LogP contribution in [0.2, 0.25) is 0 Å². The van der Waals surface area contributed by atoms with Crippen molar-refractivity contribution in [1.82, 2.24) is 25.1 Å². The van der Waals surface area contributed by atoms with Crippen LogP contribution in [0.1, 0.15) is 23.7 Å². The number of hydrogen-bond acceptors (Lipinski definition) is 6. The Bertz CT molecular complexity index is 1170. The number of rotatable bonds is 6. The number of hydrogen-bond donors (Lipinski definition) is 3. The van der Waals surface area contributed by atoms with E-state index in [0.29, 0.717) is 35.5 Å². The van der Waals surface area contributed by atoms with Crippen molar-refractivity contribution in [3.05, 3.63) is 77.9 Å². The Balaban J connectivity index is 0.000000186. The maximum absolute atomic E-state index is 11.1. The lowest BCUT2D eigenvalue weighted by molar-refractivity contribution is -0.119. The highest BCUT2D eigenvalue weighted by molar-refractivity contribution is 6.01. The maximum atomic E-state index is 11.1. The molecule has 4 rings (SSSR count). The summed E-state index contributed by atoms with van der Waals surface area (Å²) in [6, 6.07) is 13.9. The molecule has 4 N–H and O–H groups in total. The average Bonchev–Trinajstić information content (AvgIpc) is 3.29. The minimum Gasteiger partial charge on any atom is -0.383 e. The summed E-state index contributed by atoms with van der Waals surface area (Å²) in [4.78, 5) is 31.9. The second-order valence-corrected chi connectivity index (χ2v) is 7.22. The Kier molecular flexibility index (Phi) is 7.47. The van der Waals surface area contributed by atoms with Crippen molar-refractivity contribution in [3.8, 4) is 0 Å². The number of nitrogens with two attached hydrogens (primary N) is 1. The molecular formula is C23H25N7O2. The molecular weight excluding hydrogens is 406 g/mol. The van der Waals surface area contributed by atoms with Crippen LogP contribution in [0.4, 0.5) is 11.5 Å². The summed E-state index contributed by atoms with van der Waals surface area (Å²) in [6.07, 6.45) is 5.76. The topological polar surface area (TPSA) is 130 Å². The average molecular weight is 432 g/mol. The van der Waals surface area contributed by atoms with Crippen LogP contribution in [0.5, 0.6) is 0 Å². The molecule has 0 saturated carbocycles. The zero-order chi connectivity index (χ0) is 22.9. The van der Waals surface area contributed by atoms with Crippen molar-refractivity contribution in [3.63, 3.8) is 0 Å². The summed E-state index contributed by atoms with van der Waals surface area (Å²) in [5.74, 6) is 0.232. The lowest BCUT2D eigenvalue weighted by Gasteiger charge is -2.16. The molecule has 3 heterocycles. The number of amides is 2. The number of benzene rings is 1. The Labute approximate surface area is 185 Å². The Morgan fingerprint density at radius 2 is 1.88 bits per heavy atom. The van der Waals surface area contributed by atoms with Crippen molar-refractivity contribution in [2.75, 3.05) is 11.1 Å². The number of anilines is 2. The standard InChI is InChI=1S/C15H16N2O.C8H9N5O/c1-13-7-8-15(16-9-13)11-17(12-18)10-14-5-3-2-4-6-14;1-4(14)12-6-3-10-8(9)5-2-11-13-7(5)6/h2-9,12H,10-11H2,1H3;2-3H,1H3,(H2,9,10)(H,11,13)(H,12,14). The van der Waals surface area contributed by atoms with Gasteiger partial charge in [-0.05, 0) is 24.1 Å². The number of nitrogen functional groups attached to an aromatic ring is 1. The molecule has 0 aliphatic rings.